The second-order valence-corrected chi connectivity index (χ2v) is 9.50. The van der Waals surface area contributed by atoms with Gasteiger partial charge in [0.05, 0.1) is 30.4 Å². The number of sulfonamides is 1. The molecule has 0 saturated carbocycles. The van der Waals surface area contributed by atoms with Crippen molar-refractivity contribution in [2.75, 3.05) is 26.3 Å². The Kier molecular flexibility index (Phi) is 7.03. The highest BCUT2D eigenvalue weighted by Gasteiger charge is 2.30. The lowest BCUT2D eigenvalue weighted by Crippen LogP contribution is -2.41. The summed E-state index contributed by atoms with van der Waals surface area (Å²) in [6.45, 7) is 0.630. The first-order chi connectivity index (χ1) is 16.4. The average Bonchev–Trinajstić information content (AvgIpc) is 2.88. The van der Waals surface area contributed by atoms with Crippen molar-refractivity contribution in [3.8, 4) is 17.2 Å². The SMILES string of the molecule is N#Cc1ccccc1-c1ccc(COC(=O)c2ccc(F)c(S(=O)(=O)N3CCOCC3)c2)cc1. The normalized spacial score (nSPS) is 14.4. The fraction of sp³-hybridized carbons (Fsp3) is 0.200. The maximum atomic E-state index is 14.4. The molecule has 0 atom stereocenters. The topological polar surface area (TPSA) is 96.7 Å². The van der Waals surface area contributed by atoms with Crippen LogP contribution in [0, 0.1) is 17.1 Å². The predicted octanol–water partition coefficient (Wildman–Crippen LogP) is 3.74. The van der Waals surface area contributed by atoms with E-state index in [1.165, 1.54) is 6.07 Å². The summed E-state index contributed by atoms with van der Waals surface area (Å²) in [5.74, 6) is -1.70. The zero-order valence-corrected chi connectivity index (χ0v) is 18.9. The molecule has 7 nitrogen and oxygen atoms in total. The Bertz CT molecular complexity index is 1340. The van der Waals surface area contributed by atoms with Gasteiger partial charge in [0.1, 0.15) is 17.3 Å². The van der Waals surface area contributed by atoms with E-state index in [0.29, 0.717) is 11.1 Å². The Morgan fingerprint density at radius 2 is 1.76 bits per heavy atom. The molecule has 1 fully saturated rings. The number of carbonyl (C=O) groups excluding carboxylic acids is 1. The number of ether oxygens (including phenoxy) is 2. The molecule has 0 N–H and O–H groups in total. The van der Waals surface area contributed by atoms with Gasteiger partial charge in [0.2, 0.25) is 10.0 Å². The van der Waals surface area contributed by atoms with E-state index in [0.717, 1.165) is 27.6 Å². The molecule has 0 aliphatic carbocycles. The summed E-state index contributed by atoms with van der Waals surface area (Å²) in [6, 6.07) is 19.7. The minimum atomic E-state index is -4.11. The van der Waals surface area contributed by atoms with Crippen LogP contribution >= 0.6 is 0 Å². The lowest BCUT2D eigenvalue weighted by molar-refractivity contribution is 0.0472. The summed E-state index contributed by atoms with van der Waals surface area (Å²) >= 11 is 0. The van der Waals surface area contributed by atoms with Gasteiger partial charge < -0.3 is 9.47 Å². The maximum Gasteiger partial charge on any atom is 0.338 e. The van der Waals surface area contributed by atoms with Crippen LogP contribution in [0.15, 0.2) is 71.6 Å². The van der Waals surface area contributed by atoms with Crippen LogP contribution < -0.4 is 0 Å². The average molecular weight is 481 g/mol. The van der Waals surface area contributed by atoms with Crippen molar-refractivity contribution in [2.24, 2.45) is 0 Å². The molecular formula is C25H21FN2O5S. The Morgan fingerprint density at radius 1 is 1.06 bits per heavy atom. The third kappa shape index (κ3) is 4.99. The molecule has 3 aromatic rings. The zero-order chi connectivity index (χ0) is 24.1. The van der Waals surface area contributed by atoms with Crippen LogP contribution in [0.2, 0.25) is 0 Å². The molecule has 0 amide bonds. The number of morpholine rings is 1. The fourth-order valence-electron chi connectivity index (χ4n) is 3.60. The number of esters is 1. The number of benzene rings is 3. The van der Waals surface area contributed by atoms with Crippen molar-refractivity contribution in [1.82, 2.24) is 4.31 Å². The molecule has 0 unspecified atom stereocenters. The minimum absolute atomic E-state index is 0.0536. The van der Waals surface area contributed by atoms with E-state index in [1.54, 1.807) is 24.3 Å². The third-order valence-corrected chi connectivity index (χ3v) is 7.35. The van der Waals surface area contributed by atoms with Gasteiger partial charge in [-0.2, -0.15) is 9.57 Å². The zero-order valence-electron chi connectivity index (χ0n) is 18.1. The van der Waals surface area contributed by atoms with Crippen molar-refractivity contribution in [1.29, 1.82) is 5.26 Å². The Labute approximate surface area is 197 Å². The molecule has 34 heavy (non-hydrogen) atoms. The molecule has 1 aliphatic rings. The highest BCUT2D eigenvalue weighted by atomic mass is 32.2. The molecule has 4 rings (SSSR count). The van der Waals surface area contributed by atoms with Crippen LogP contribution in [0.1, 0.15) is 21.5 Å². The van der Waals surface area contributed by atoms with Gasteiger partial charge in [0.25, 0.3) is 0 Å². The van der Waals surface area contributed by atoms with Gasteiger partial charge in [-0.05, 0) is 41.0 Å². The molecule has 174 valence electrons. The highest BCUT2D eigenvalue weighted by molar-refractivity contribution is 7.89. The number of hydrogen-bond acceptors (Lipinski definition) is 6. The third-order valence-electron chi connectivity index (χ3n) is 5.44. The minimum Gasteiger partial charge on any atom is -0.457 e. The number of halogens is 1. The summed E-state index contributed by atoms with van der Waals surface area (Å²) in [6.07, 6.45) is 0. The van der Waals surface area contributed by atoms with Crippen molar-refractivity contribution < 1.29 is 27.1 Å². The van der Waals surface area contributed by atoms with Gasteiger partial charge in [-0.3, -0.25) is 0 Å². The first kappa shape index (κ1) is 23.6. The molecular weight excluding hydrogens is 459 g/mol. The molecule has 1 heterocycles. The van der Waals surface area contributed by atoms with Crippen LogP contribution in [0.25, 0.3) is 11.1 Å². The number of hydrogen-bond donors (Lipinski definition) is 0. The van der Waals surface area contributed by atoms with Gasteiger partial charge in [0, 0.05) is 13.1 Å². The lowest BCUT2D eigenvalue weighted by atomic mass is 9.99. The van der Waals surface area contributed by atoms with E-state index in [4.69, 9.17) is 9.47 Å². The van der Waals surface area contributed by atoms with Gasteiger partial charge in [-0.15, -0.1) is 0 Å². The monoisotopic (exact) mass is 480 g/mol. The quantitative estimate of drug-likeness (QED) is 0.499. The molecule has 0 spiro atoms. The first-order valence-corrected chi connectivity index (χ1v) is 12.0. The fourth-order valence-corrected chi connectivity index (χ4v) is 5.10. The molecule has 1 saturated heterocycles. The number of nitriles is 1. The van der Waals surface area contributed by atoms with E-state index >= 15 is 0 Å². The first-order valence-electron chi connectivity index (χ1n) is 10.5. The Balaban J connectivity index is 1.46. The molecule has 9 heteroatoms. The molecule has 0 aromatic heterocycles. The van der Waals surface area contributed by atoms with Crippen LogP contribution in [0.3, 0.4) is 0 Å². The Hall–Kier alpha value is -3.58. The summed E-state index contributed by atoms with van der Waals surface area (Å²) in [7, 11) is -4.11. The van der Waals surface area contributed by atoms with Crippen LogP contribution in [-0.4, -0.2) is 45.0 Å². The summed E-state index contributed by atoms with van der Waals surface area (Å²) in [5.41, 5.74) is 2.85. The van der Waals surface area contributed by atoms with Gasteiger partial charge in [0.15, 0.2) is 0 Å². The molecule has 0 bridgehead atoms. The molecule has 1 aliphatic heterocycles. The highest BCUT2D eigenvalue weighted by Crippen LogP contribution is 2.25. The van der Waals surface area contributed by atoms with Crippen LogP contribution in [0.4, 0.5) is 4.39 Å². The van der Waals surface area contributed by atoms with Crippen molar-refractivity contribution in [3.63, 3.8) is 0 Å². The van der Waals surface area contributed by atoms with Gasteiger partial charge in [-0.25, -0.2) is 17.6 Å². The summed E-state index contributed by atoms with van der Waals surface area (Å²) in [5, 5.41) is 9.27. The number of carbonyl (C=O) groups is 1. The van der Waals surface area contributed by atoms with Gasteiger partial charge in [-0.1, -0.05) is 42.5 Å². The number of nitrogens with zero attached hydrogens (tertiary/aromatic N) is 2. The van der Waals surface area contributed by atoms with Crippen molar-refractivity contribution >= 4 is 16.0 Å². The van der Waals surface area contributed by atoms with Crippen LogP contribution in [0.5, 0.6) is 0 Å². The van der Waals surface area contributed by atoms with Crippen LogP contribution in [-0.2, 0) is 26.1 Å². The van der Waals surface area contributed by atoms with E-state index < -0.39 is 26.7 Å². The second-order valence-electron chi connectivity index (χ2n) is 7.59. The largest absolute Gasteiger partial charge is 0.457 e. The maximum absolute atomic E-state index is 14.4. The summed E-state index contributed by atoms with van der Waals surface area (Å²) in [4.78, 5) is 12.0. The van der Waals surface area contributed by atoms with Gasteiger partial charge >= 0.3 is 5.97 Å². The second kappa shape index (κ2) is 10.1. The molecule has 0 radical (unpaired) electrons. The van der Waals surface area contributed by atoms with E-state index in [9.17, 15) is 22.9 Å². The Morgan fingerprint density at radius 3 is 2.47 bits per heavy atom. The standard InChI is InChI=1S/C25H21FN2O5S/c26-23-10-9-20(15-24(23)34(30,31)28-11-13-32-14-12-28)25(29)33-17-18-5-7-19(8-6-18)22-4-2-1-3-21(22)16-27/h1-10,15H,11-14,17H2. The smallest absolute Gasteiger partial charge is 0.338 e. The van der Waals surface area contributed by atoms with E-state index in [1.807, 2.05) is 24.3 Å². The number of rotatable bonds is 6. The van der Waals surface area contributed by atoms with E-state index in [2.05, 4.69) is 6.07 Å². The van der Waals surface area contributed by atoms with Crippen molar-refractivity contribution in [2.45, 2.75) is 11.5 Å². The van der Waals surface area contributed by atoms with E-state index in [-0.39, 0.29) is 38.5 Å². The van der Waals surface area contributed by atoms with Crippen molar-refractivity contribution in [3.05, 3.63) is 89.2 Å². The molecule has 3 aromatic carbocycles. The lowest BCUT2D eigenvalue weighted by Gasteiger charge is -2.26. The summed E-state index contributed by atoms with van der Waals surface area (Å²) < 4.78 is 51.6. The predicted molar refractivity (Wildman–Crippen MR) is 122 cm³/mol.